The first-order valence-electron chi connectivity index (χ1n) is 33.1. The summed E-state index contributed by atoms with van der Waals surface area (Å²) >= 11 is 0. The molecule has 518 valence electrons. The molecule has 1 unspecified atom stereocenters. The van der Waals surface area contributed by atoms with Crippen molar-refractivity contribution in [3.63, 3.8) is 0 Å². The number of hydrogen-bond donors (Lipinski definition) is 9. The van der Waals surface area contributed by atoms with Crippen molar-refractivity contribution < 1.29 is 72.0 Å². The molecule has 0 aliphatic heterocycles. The molecule has 0 saturated heterocycles. The maximum atomic E-state index is 14.4. The van der Waals surface area contributed by atoms with Gasteiger partial charge in [-0.2, -0.15) is 0 Å². The van der Waals surface area contributed by atoms with Gasteiger partial charge in [0.25, 0.3) is 0 Å². The number of nitrogens with one attached hydrogen (secondary N) is 7. The fourth-order valence-electron chi connectivity index (χ4n) is 10.2. The summed E-state index contributed by atoms with van der Waals surface area (Å²) in [5, 5.41) is 28.8. The second kappa shape index (κ2) is 42.0. The number of hydrogen-bond acceptors (Lipinski definition) is 15. The molecule has 9 atom stereocenters. The first-order valence-corrected chi connectivity index (χ1v) is 33.1. The number of nitrogens with two attached hydrogens (primary N) is 1. The summed E-state index contributed by atoms with van der Waals surface area (Å²) in [6.07, 6.45) is 8.21. The fourth-order valence-corrected chi connectivity index (χ4v) is 10.2. The van der Waals surface area contributed by atoms with Gasteiger partial charge in [-0.05, 0) is 125 Å². The summed E-state index contributed by atoms with van der Waals surface area (Å²) in [4.78, 5) is 138. The maximum Gasteiger partial charge on any atom is 0.329 e. The Morgan fingerprint density at radius 3 is 1.37 bits per heavy atom. The molecule has 0 heterocycles. The SMILES string of the molecule is CCCCCCCCCCCC(CC(=O)O)OC(=O)[C@@H](NC(=O)[C@@H](CC(C)C)NC(=O)[C@H](CC(=O)OC(C)(C)C)NC(=O)[C@H](C)NC(=O)[C@@H](CC(C)C)NC(=O)[C@H](CC(C)C)NC(=O)[C@@H](N)CCC(=O)NC(c1ccc(OC)cc1)c1ccc(OC)cc1)[C@@H](C)CC. The smallest absolute Gasteiger partial charge is 0.329 e. The molecule has 0 aromatic heterocycles. The van der Waals surface area contributed by atoms with Gasteiger partial charge < -0.3 is 67.0 Å². The summed E-state index contributed by atoms with van der Waals surface area (Å²) in [6, 6.07) is 4.72. The molecule has 0 saturated carbocycles. The molecule has 23 nitrogen and oxygen atoms in total. The molecule has 0 fully saturated rings. The lowest BCUT2D eigenvalue weighted by molar-refractivity contribution is -0.159. The minimum Gasteiger partial charge on any atom is -0.497 e. The van der Waals surface area contributed by atoms with E-state index in [2.05, 4.69) is 44.1 Å². The van der Waals surface area contributed by atoms with Crippen LogP contribution in [0.5, 0.6) is 11.5 Å². The molecule has 2 aromatic carbocycles. The van der Waals surface area contributed by atoms with Crippen LogP contribution in [0.4, 0.5) is 0 Å². The molecule has 7 amide bonds. The highest BCUT2D eigenvalue weighted by molar-refractivity contribution is 5.98. The van der Waals surface area contributed by atoms with Gasteiger partial charge in [0.05, 0.1) is 39.1 Å². The standard InChI is InChI=1S/C69H112N8O15/c1-16-18-19-20-21-22-23-24-25-26-51(40-58(79)80)91-68(88)60(45(9)17-2)77-67(87)55(39-44(7)8)75-66(86)56(41-59(81)92-69(11,12)13)72-62(82)46(10)71-64(84)53(37-42(3)4)74-65(85)54(38-43(5)6)73-63(83)52(70)35-36-57(78)76-61(47-27-31-49(89-14)32-28-47)48-29-33-50(90-15)34-30-48/h27-34,42-46,51-56,60-61H,16-26,35-41,70H2,1-15H3,(H,71,84)(H,72,82)(H,73,83)(H,74,85)(H,75,86)(H,76,78)(H,77,87)(H,79,80)/t45-,46-,51?,52-,53+,54-,55+,56-,60-/m0/s1. The Kier molecular flexibility index (Phi) is 36.9. The van der Waals surface area contributed by atoms with Gasteiger partial charge in [0.15, 0.2) is 0 Å². The van der Waals surface area contributed by atoms with E-state index in [1.807, 2.05) is 72.7 Å². The van der Waals surface area contributed by atoms with E-state index in [1.54, 1.807) is 66.2 Å². The number of carbonyl (C=O) groups is 10. The molecule has 0 aliphatic carbocycles. The molecule has 0 radical (unpaired) electrons. The predicted octanol–water partition coefficient (Wildman–Crippen LogP) is 8.17. The largest absolute Gasteiger partial charge is 0.497 e. The highest BCUT2D eigenvalue weighted by Crippen LogP contribution is 2.27. The van der Waals surface area contributed by atoms with Crippen LogP contribution in [0.15, 0.2) is 48.5 Å². The van der Waals surface area contributed by atoms with Gasteiger partial charge in [0.1, 0.15) is 59.5 Å². The number of unbranched alkanes of at least 4 members (excludes halogenated alkanes) is 8. The second-order valence-corrected chi connectivity index (χ2v) is 26.5. The van der Waals surface area contributed by atoms with Crippen LogP contribution in [0.2, 0.25) is 0 Å². The number of carboxylic acid groups (broad SMARTS) is 1. The van der Waals surface area contributed by atoms with Crippen LogP contribution < -0.4 is 52.4 Å². The molecule has 0 spiro atoms. The molecular formula is C69H112N8O15. The highest BCUT2D eigenvalue weighted by atomic mass is 16.6. The molecule has 0 bridgehead atoms. The van der Waals surface area contributed by atoms with Crippen molar-refractivity contribution in [2.24, 2.45) is 29.4 Å². The fraction of sp³-hybridized carbons (Fsp3) is 0.681. The van der Waals surface area contributed by atoms with Gasteiger partial charge in [-0.3, -0.25) is 43.2 Å². The number of ether oxygens (including phenoxy) is 4. The number of carboxylic acids is 1. The van der Waals surface area contributed by atoms with Gasteiger partial charge in [0, 0.05) is 6.42 Å². The van der Waals surface area contributed by atoms with E-state index in [-0.39, 0.29) is 55.8 Å². The lowest BCUT2D eigenvalue weighted by Crippen LogP contribution is -2.60. The van der Waals surface area contributed by atoms with Crippen molar-refractivity contribution in [2.75, 3.05) is 14.2 Å². The van der Waals surface area contributed by atoms with Gasteiger partial charge in [-0.1, -0.05) is 144 Å². The van der Waals surface area contributed by atoms with E-state index in [4.69, 9.17) is 24.7 Å². The Morgan fingerprint density at radius 1 is 0.511 bits per heavy atom. The van der Waals surface area contributed by atoms with E-state index < -0.39 is 132 Å². The Hall–Kier alpha value is -7.30. The van der Waals surface area contributed by atoms with Gasteiger partial charge in [0.2, 0.25) is 41.4 Å². The van der Waals surface area contributed by atoms with Gasteiger partial charge in [-0.25, -0.2) is 4.79 Å². The van der Waals surface area contributed by atoms with E-state index in [9.17, 15) is 53.1 Å². The van der Waals surface area contributed by atoms with E-state index in [0.717, 1.165) is 36.8 Å². The van der Waals surface area contributed by atoms with Crippen LogP contribution in [0, 0.1) is 23.7 Å². The quantitative estimate of drug-likeness (QED) is 0.0223. The van der Waals surface area contributed by atoms with Crippen LogP contribution in [0.1, 0.15) is 223 Å². The summed E-state index contributed by atoms with van der Waals surface area (Å²) in [7, 11) is 3.11. The molecule has 2 rings (SSSR count). The Morgan fingerprint density at radius 2 is 0.935 bits per heavy atom. The Balaban J connectivity index is 2.29. The van der Waals surface area contributed by atoms with Crippen molar-refractivity contribution in [1.82, 2.24) is 37.2 Å². The summed E-state index contributed by atoms with van der Waals surface area (Å²) in [5.74, 6) is -7.72. The van der Waals surface area contributed by atoms with Crippen LogP contribution >= 0.6 is 0 Å². The van der Waals surface area contributed by atoms with E-state index in [1.165, 1.54) is 32.6 Å². The second-order valence-electron chi connectivity index (χ2n) is 26.5. The lowest BCUT2D eigenvalue weighted by atomic mass is 9.97. The number of carbonyl (C=O) groups excluding carboxylic acids is 9. The zero-order valence-corrected chi connectivity index (χ0v) is 57.6. The average molecular weight is 1290 g/mol. The van der Waals surface area contributed by atoms with Crippen LogP contribution in [0.3, 0.4) is 0 Å². The van der Waals surface area contributed by atoms with Crippen molar-refractivity contribution in [3.05, 3.63) is 59.7 Å². The molecule has 23 heteroatoms. The number of amides is 7. The van der Waals surface area contributed by atoms with Crippen LogP contribution in [-0.2, 0) is 57.4 Å². The van der Waals surface area contributed by atoms with Crippen molar-refractivity contribution in [1.29, 1.82) is 0 Å². The number of methoxy groups -OCH3 is 2. The minimum absolute atomic E-state index is 0.0511. The minimum atomic E-state index is -1.66. The molecule has 10 N–H and O–H groups in total. The van der Waals surface area contributed by atoms with Crippen molar-refractivity contribution in [3.8, 4) is 11.5 Å². The van der Waals surface area contributed by atoms with Gasteiger partial charge in [-0.15, -0.1) is 0 Å². The Labute approximate surface area is 546 Å². The Bertz CT molecular complexity index is 2580. The van der Waals surface area contributed by atoms with Gasteiger partial charge >= 0.3 is 17.9 Å². The molecule has 92 heavy (non-hydrogen) atoms. The van der Waals surface area contributed by atoms with Crippen molar-refractivity contribution in [2.45, 2.75) is 266 Å². The maximum absolute atomic E-state index is 14.4. The number of benzene rings is 2. The average Bonchev–Trinajstić information content (AvgIpc) is 1.09. The zero-order chi connectivity index (χ0) is 69.3. The summed E-state index contributed by atoms with van der Waals surface area (Å²) in [5.41, 5.74) is 6.92. The highest BCUT2D eigenvalue weighted by Gasteiger charge is 2.37. The number of esters is 2. The van der Waals surface area contributed by atoms with Crippen molar-refractivity contribution >= 4 is 59.3 Å². The van der Waals surface area contributed by atoms with Crippen LogP contribution in [0.25, 0.3) is 0 Å². The van der Waals surface area contributed by atoms with E-state index in [0.29, 0.717) is 30.8 Å². The van der Waals surface area contributed by atoms with Crippen LogP contribution in [-0.4, -0.2) is 133 Å². The van der Waals surface area contributed by atoms with E-state index >= 15 is 0 Å². The summed E-state index contributed by atoms with van der Waals surface area (Å²) in [6.45, 7) is 22.9. The lowest BCUT2D eigenvalue weighted by Gasteiger charge is -2.29. The third-order valence-corrected chi connectivity index (χ3v) is 15.5. The third kappa shape index (κ3) is 31.8. The first kappa shape index (κ1) is 80.8. The monoisotopic (exact) mass is 1290 g/mol. The zero-order valence-electron chi connectivity index (χ0n) is 57.6. The topological polar surface area (TPSA) is 338 Å². The normalized spacial score (nSPS) is 14.5. The first-order chi connectivity index (χ1) is 43.3. The molecular weight excluding hydrogens is 1180 g/mol. The predicted molar refractivity (Wildman–Crippen MR) is 353 cm³/mol. The number of aliphatic carboxylic acids is 1. The molecule has 2 aromatic rings. The summed E-state index contributed by atoms with van der Waals surface area (Å²) < 4.78 is 22.0. The third-order valence-electron chi connectivity index (χ3n) is 15.5. The molecule has 0 aliphatic rings. The number of rotatable bonds is 44.